The van der Waals surface area contributed by atoms with Crippen LogP contribution in [0.15, 0.2) is 0 Å². The average Bonchev–Trinajstić information content (AvgIpc) is 2.17. The molecule has 1 aliphatic heterocycles. The summed E-state index contributed by atoms with van der Waals surface area (Å²) in [5, 5.41) is 0. The van der Waals surface area contributed by atoms with Gasteiger partial charge in [0.15, 0.2) is 0 Å². The maximum Gasteiger partial charge on any atom is 0.219 e. The van der Waals surface area contributed by atoms with Gasteiger partial charge in [-0.05, 0) is 52.5 Å². The van der Waals surface area contributed by atoms with E-state index in [1.807, 2.05) is 0 Å². The van der Waals surface area contributed by atoms with Crippen LogP contribution in [0, 0.1) is 5.92 Å². The maximum absolute atomic E-state index is 12.3. The van der Waals surface area contributed by atoms with Crippen molar-refractivity contribution >= 4 is 10.0 Å². The lowest BCUT2D eigenvalue weighted by molar-refractivity contribution is 0.253. The van der Waals surface area contributed by atoms with E-state index in [0.717, 1.165) is 19.3 Å². The van der Waals surface area contributed by atoms with Gasteiger partial charge in [0.2, 0.25) is 10.0 Å². The Labute approximate surface area is 99.2 Å². The molecule has 1 fully saturated rings. The molecule has 1 atom stereocenters. The summed E-state index contributed by atoms with van der Waals surface area (Å²) in [6, 6.07) is 0. The highest BCUT2D eigenvalue weighted by molar-refractivity contribution is 7.90. The van der Waals surface area contributed by atoms with Crippen LogP contribution in [0.25, 0.3) is 0 Å². The van der Waals surface area contributed by atoms with Gasteiger partial charge in [-0.1, -0.05) is 0 Å². The number of nitrogens with zero attached hydrogens (tertiary/aromatic N) is 1. The summed E-state index contributed by atoms with van der Waals surface area (Å²) in [5.74, 6) is 0.441. The summed E-state index contributed by atoms with van der Waals surface area (Å²) in [7, 11) is -3.16. The standard InChI is InChI=1S/C11H24N2O2S/c1-11(2,3)16(14,15)13-8-4-5-10(9-13)6-7-12/h10H,4-9,12H2,1-3H3. The molecule has 4 nitrogen and oxygen atoms in total. The highest BCUT2D eigenvalue weighted by Crippen LogP contribution is 2.27. The van der Waals surface area contributed by atoms with Crippen molar-refractivity contribution in [3.63, 3.8) is 0 Å². The second-order valence-corrected chi connectivity index (χ2v) is 8.25. The number of rotatable bonds is 3. The molecular weight excluding hydrogens is 224 g/mol. The van der Waals surface area contributed by atoms with Gasteiger partial charge in [0.1, 0.15) is 0 Å². The van der Waals surface area contributed by atoms with Gasteiger partial charge >= 0.3 is 0 Å². The van der Waals surface area contributed by atoms with Crippen LogP contribution in [0.5, 0.6) is 0 Å². The summed E-state index contributed by atoms with van der Waals surface area (Å²) in [4.78, 5) is 0. The Kier molecular flexibility index (Phi) is 4.37. The summed E-state index contributed by atoms with van der Waals surface area (Å²) in [6.45, 7) is 7.24. The number of hydrogen-bond donors (Lipinski definition) is 1. The molecule has 0 aliphatic carbocycles. The van der Waals surface area contributed by atoms with Crippen LogP contribution < -0.4 is 5.73 Å². The van der Waals surface area contributed by atoms with Crippen LogP contribution in [-0.2, 0) is 10.0 Å². The second kappa shape index (κ2) is 5.02. The molecule has 16 heavy (non-hydrogen) atoms. The quantitative estimate of drug-likeness (QED) is 0.815. The molecule has 96 valence electrons. The van der Waals surface area contributed by atoms with Crippen molar-refractivity contribution in [3.8, 4) is 0 Å². The Hall–Kier alpha value is -0.130. The van der Waals surface area contributed by atoms with Crippen molar-refractivity contribution in [2.75, 3.05) is 19.6 Å². The highest BCUT2D eigenvalue weighted by Gasteiger charge is 2.37. The fraction of sp³-hybridized carbons (Fsp3) is 1.00. The van der Waals surface area contributed by atoms with Crippen LogP contribution in [0.3, 0.4) is 0 Å². The van der Waals surface area contributed by atoms with E-state index in [-0.39, 0.29) is 0 Å². The van der Waals surface area contributed by atoms with Gasteiger partial charge < -0.3 is 5.73 Å². The second-order valence-electron chi connectivity index (χ2n) is 5.56. The van der Waals surface area contributed by atoms with E-state index >= 15 is 0 Å². The van der Waals surface area contributed by atoms with E-state index in [9.17, 15) is 8.42 Å². The number of sulfonamides is 1. The van der Waals surface area contributed by atoms with Crippen molar-refractivity contribution in [1.82, 2.24) is 4.31 Å². The van der Waals surface area contributed by atoms with E-state index in [4.69, 9.17) is 5.73 Å². The normalized spacial score (nSPS) is 24.6. The van der Waals surface area contributed by atoms with E-state index in [2.05, 4.69) is 0 Å². The number of hydrogen-bond acceptors (Lipinski definition) is 3. The molecule has 0 aromatic heterocycles. The van der Waals surface area contributed by atoms with E-state index in [1.54, 1.807) is 25.1 Å². The van der Waals surface area contributed by atoms with Crippen molar-refractivity contribution in [2.45, 2.75) is 44.8 Å². The molecule has 1 rings (SSSR count). The minimum Gasteiger partial charge on any atom is -0.330 e. The van der Waals surface area contributed by atoms with Crippen LogP contribution in [0.4, 0.5) is 0 Å². The summed E-state index contributed by atoms with van der Waals surface area (Å²) in [6.07, 6.45) is 2.99. The van der Waals surface area contributed by atoms with Crippen molar-refractivity contribution in [3.05, 3.63) is 0 Å². The third-order valence-corrected chi connectivity index (χ3v) is 5.73. The molecule has 1 unspecified atom stereocenters. The molecule has 5 heteroatoms. The van der Waals surface area contributed by atoms with Crippen LogP contribution >= 0.6 is 0 Å². The van der Waals surface area contributed by atoms with Gasteiger partial charge in [0, 0.05) is 13.1 Å². The third-order valence-electron chi connectivity index (χ3n) is 3.17. The lowest BCUT2D eigenvalue weighted by Gasteiger charge is -2.36. The SMILES string of the molecule is CC(C)(C)S(=O)(=O)N1CCCC(CCN)C1. The van der Waals surface area contributed by atoms with Gasteiger partial charge in [-0.25, -0.2) is 12.7 Å². The van der Waals surface area contributed by atoms with Gasteiger partial charge in [0.05, 0.1) is 4.75 Å². The molecule has 0 aromatic rings. The Balaban J connectivity index is 2.74. The molecule has 0 radical (unpaired) electrons. The van der Waals surface area contributed by atoms with Gasteiger partial charge in [-0.2, -0.15) is 0 Å². The molecule has 1 aliphatic rings. The highest BCUT2D eigenvalue weighted by atomic mass is 32.2. The average molecular weight is 248 g/mol. The minimum absolute atomic E-state index is 0.441. The van der Waals surface area contributed by atoms with Crippen LogP contribution in [-0.4, -0.2) is 37.1 Å². The van der Waals surface area contributed by atoms with Crippen LogP contribution in [0.1, 0.15) is 40.0 Å². The van der Waals surface area contributed by atoms with E-state index in [1.165, 1.54) is 0 Å². The molecular formula is C11H24N2O2S. The predicted molar refractivity (Wildman–Crippen MR) is 66.6 cm³/mol. The van der Waals surface area contributed by atoms with Gasteiger partial charge in [-0.15, -0.1) is 0 Å². The minimum atomic E-state index is -3.16. The molecule has 0 aromatic carbocycles. The molecule has 0 amide bonds. The number of nitrogens with two attached hydrogens (primary N) is 1. The zero-order valence-electron chi connectivity index (χ0n) is 10.6. The Bertz CT molecular complexity index is 317. The Morgan fingerprint density at radius 3 is 2.50 bits per heavy atom. The van der Waals surface area contributed by atoms with Gasteiger partial charge in [0.25, 0.3) is 0 Å². The van der Waals surface area contributed by atoms with Gasteiger partial charge in [-0.3, -0.25) is 0 Å². The fourth-order valence-corrected chi connectivity index (χ4v) is 3.65. The zero-order chi connectivity index (χ0) is 12.4. The Morgan fingerprint density at radius 2 is 2.00 bits per heavy atom. The monoisotopic (exact) mass is 248 g/mol. The lowest BCUT2D eigenvalue weighted by atomic mass is 9.96. The van der Waals surface area contributed by atoms with Crippen molar-refractivity contribution in [2.24, 2.45) is 11.7 Å². The van der Waals surface area contributed by atoms with Crippen LogP contribution in [0.2, 0.25) is 0 Å². The molecule has 1 heterocycles. The molecule has 2 N–H and O–H groups in total. The Morgan fingerprint density at radius 1 is 1.38 bits per heavy atom. The maximum atomic E-state index is 12.3. The number of piperidine rings is 1. The first-order chi connectivity index (χ1) is 7.29. The van der Waals surface area contributed by atoms with E-state index in [0.29, 0.717) is 25.6 Å². The molecule has 0 spiro atoms. The lowest BCUT2D eigenvalue weighted by Crippen LogP contribution is -2.47. The predicted octanol–water partition coefficient (Wildman–Crippen LogP) is 1.18. The van der Waals surface area contributed by atoms with Crippen molar-refractivity contribution in [1.29, 1.82) is 0 Å². The smallest absolute Gasteiger partial charge is 0.219 e. The largest absolute Gasteiger partial charge is 0.330 e. The fourth-order valence-electron chi connectivity index (χ4n) is 2.10. The first kappa shape index (κ1) is 13.9. The van der Waals surface area contributed by atoms with E-state index < -0.39 is 14.8 Å². The zero-order valence-corrected chi connectivity index (χ0v) is 11.4. The first-order valence-corrected chi connectivity index (χ1v) is 7.43. The third kappa shape index (κ3) is 2.96. The molecule has 0 saturated carbocycles. The first-order valence-electron chi connectivity index (χ1n) is 5.99. The summed E-state index contributed by atoms with van der Waals surface area (Å²) >= 11 is 0. The molecule has 0 bridgehead atoms. The summed E-state index contributed by atoms with van der Waals surface area (Å²) in [5.41, 5.74) is 5.53. The summed E-state index contributed by atoms with van der Waals surface area (Å²) < 4.78 is 25.5. The van der Waals surface area contributed by atoms with Crippen molar-refractivity contribution < 1.29 is 8.42 Å². The molecule has 1 saturated heterocycles. The topological polar surface area (TPSA) is 63.4 Å².